The third kappa shape index (κ3) is 4.57. The molecule has 1 fully saturated rings. The molecule has 0 N–H and O–H groups in total. The Kier molecular flexibility index (Phi) is 6.25. The largest absolute Gasteiger partial charge is 0.497 e. The first kappa shape index (κ1) is 22.2. The summed E-state index contributed by atoms with van der Waals surface area (Å²) in [6, 6.07) is 17.4. The Balaban J connectivity index is 1.42. The average molecular weight is 525 g/mol. The van der Waals surface area contributed by atoms with Gasteiger partial charge in [0.25, 0.3) is 5.91 Å². The molecule has 0 spiro atoms. The lowest BCUT2D eigenvalue weighted by Gasteiger charge is -2.37. The summed E-state index contributed by atoms with van der Waals surface area (Å²) in [5, 5.41) is 2.10. The molecule has 7 heteroatoms. The van der Waals surface area contributed by atoms with Crippen LogP contribution < -0.4 is 4.74 Å². The summed E-state index contributed by atoms with van der Waals surface area (Å²) >= 11 is 5.19. The lowest BCUT2D eigenvalue weighted by molar-refractivity contribution is -0.134. The summed E-state index contributed by atoms with van der Waals surface area (Å²) in [4.78, 5) is 32.0. The molecule has 2 amide bonds. The number of fused-ring (bicyclic) bond motifs is 1. The van der Waals surface area contributed by atoms with Gasteiger partial charge < -0.3 is 14.5 Å². The van der Waals surface area contributed by atoms with E-state index in [0.717, 1.165) is 35.0 Å². The Hall–Kier alpha value is -2.64. The van der Waals surface area contributed by atoms with E-state index < -0.39 is 0 Å². The van der Waals surface area contributed by atoms with Gasteiger partial charge in [-0.05, 0) is 72.2 Å². The minimum atomic E-state index is -0.152. The summed E-state index contributed by atoms with van der Waals surface area (Å²) < 4.78 is 6.18. The zero-order valence-corrected chi connectivity index (χ0v) is 20.8. The highest BCUT2D eigenvalue weighted by Crippen LogP contribution is 2.39. The molecule has 2 aromatic carbocycles. The van der Waals surface area contributed by atoms with Crippen molar-refractivity contribution in [1.82, 2.24) is 9.80 Å². The van der Waals surface area contributed by atoms with E-state index in [4.69, 9.17) is 4.74 Å². The number of rotatable bonds is 6. The Morgan fingerprint density at radius 3 is 2.64 bits per heavy atom. The Bertz CT molecular complexity index is 1170. The number of hydrogen-bond donors (Lipinski definition) is 0. The first-order chi connectivity index (χ1) is 16.0. The predicted molar refractivity (Wildman–Crippen MR) is 133 cm³/mol. The van der Waals surface area contributed by atoms with Crippen molar-refractivity contribution in [2.45, 2.75) is 31.3 Å². The number of thiophene rings is 1. The van der Waals surface area contributed by atoms with E-state index in [9.17, 15) is 9.59 Å². The van der Waals surface area contributed by atoms with Gasteiger partial charge in [0.1, 0.15) is 12.3 Å². The van der Waals surface area contributed by atoms with Gasteiger partial charge >= 0.3 is 0 Å². The number of amides is 2. The fourth-order valence-electron chi connectivity index (χ4n) is 4.51. The van der Waals surface area contributed by atoms with E-state index >= 15 is 0 Å². The van der Waals surface area contributed by atoms with Crippen LogP contribution in [0.15, 0.2) is 64.5 Å². The van der Waals surface area contributed by atoms with Gasteiger partial charge in [0.15, 0.2) is 0 Å². The number of methoxy groups -OCH3 is 1. The van der Waals surface area contributed by atoms with Crippen molar-refractivity contribution < 1.29 is 14.3 Å². The number of benzene rings is 2. The molecule has 1 aromatic heterocycles. The van der Waals surface area contributed by atoms with Crippen molar-refractivity contribution in [2.75, 3.05) is 20.2 Å². The van der Waals surface area contributed by atoms with Gasteiger partial charge in [-0.2, -0.15) is 0 Å². The zero-order chi connectivity index (χ0) is 22.9. The minimum Gasteiger partial charge on any atom is -0.497 e. The quantitative estimate of drug-likeness (QED) is 0.439. The SMILES string of the molecule is COc1ccc(C2c3ccsc3CCN2C(=O)CN(C(=O)c2cccc(Br)c2)C2CC2)cc1. The molecule has 1 aliphatic carbocycles. The number of ether oxygens (including phenoxy) is 1. The monoisotopic (exact) mass is 524 g/mol. The van der Waals surface area contributed by atoms with Gasteiger partial charge in [0, 0.05) is 27.5 Å². The van der Waals surface area contributed by atoms with E-state index in [0.29, 0.717) is 12.1 Å². The number of carbonyl (C=O) groups excluding carboxylic acids is 2. The van der Waals surface area contributed by atoms with E-state index in [2.05, 4.69) is 27.4 Å². The van der Waals surface area contributed by atoms with Crippen LogP contribution in [0.2, 0.25) is 0 Å². The highest BCUT2D eigenvalue weighted by atomic mass is 79.9. The van der Waals surface area contributed by atoms with Crippen molar-refractivity contribution in [3.63, 3.8) is 0 Å². The smallest absolute Gasteiger partial charge is 0.254 e. The van der Waals surface area contributed by atoms with Crippen LogP contribution in [0.4, 0.5) is 0 Å². The molecule has 1 atom stereocenters. The Morgan fingerprint density at radius 2 is 1.94 bits per heavy atom. The van der Waals surface area contributed by atoms with E-state index in [1.807, 2.05) is 53.4 Å². The molecule has 170 valence electrons. The van der Waals surface area contributed by atoms with Gasteiger partial charge in [-0.3, -0.25) is 9.59 Å². The fourth-order valence-corrected chi connectivity index (χ4v) is 5.81. The first-order valence-electron chi connectivity index (χ1n) is 11.1. The molecule has 5 nitrogen and oxygen atoms in total. The van der Waals surface area contributed by atoms with Crippen LogP contribution in [0.1, 0.15) is 45.2 Å². The van der Waals surface area contributed by atoms with Gasteiger partial charge in [0.05, 0.1) is 13.2 Å². The van der Waals surface area contributed by atoms with Gasteiger partial charge in [-0.25, -0.2) is 0 Å². The third-order valence-electron chi connectivity index (χ3n) is 6.34. The highest BCUT2D eigenvalue weighted by Gasteiger charge is 2.38. The topological polar surface area (TPSA) is 49.9 Å². The molecule has 1 unspecified atom stereocenters. The molecule has 0 bridgehead atoms. The van der Waals surface area contributed by atoms with Crippen LogP contribution in [0.5, 0.6) is 5.75 Å². The molecule has 0 radical (unpaired) electrons. The molecule has 3 aromatic rings. The molecule has 1 aliphatic heterocycles. The first-order valence-corrected chi connectivity index (χ1v) is 12.8. The van der Waals surface area contributed by atoms with Crippen LogP contribution in [0.25, 0.3) is 0 Å². The van der Waals surface area contributed by atoms with Gasteiger partial charge in [0.2, 0.25) is 5.91 Å². The summed E-state index contributed by atoms with van der Waals surface area (Å²) in [5.74, 6) is 0.696. The van der Waals surface area contributed by atoms with E-state index in [1.54, 1.807) is 23.3 Å². The average Bonchev–Trinajstić information content (AvgIpc) is 3.57. The predicted octanol–water partition coefficient (Wildman–Crippen LogP) is 5.30. The third-order valence-corrected chi connectivity index (χ3v) is 7.83. The summed E-state index contributed by atoms with van der Waals surface area (Å²) in [6.45, 7) is 0.745. The molecule has 5 rings (SSSR count). The Morgan fingerprint density at radius 1 is 1.15 bits per heavy atom. The number of hydrogen-bond acceptors (Lipinski definition) is 4. The van der Waals surface area contributed by atoms with Gasteiger partial charge in [-0.15, -0.1) is 11.3 Å². The van der Waals surface area contributed by atoms with Crippen molar-refractivity contribution in [3.8, 4) is 5.75 Å². The van der Waals surface area contributed by atoms with Gasteiger partial charge in [-0.1, -0.05) is 34.1 Å². The zero-order valence-electron chi connectivity index (χ0n) is 18.4. The summed E-state index contributed by atoms with van der Waals surface area (Å²) in [6.07, 6.45) is 2.74. The van der Waals surface area contributed by atoms with Crippen LogP contribution in [0.3, 0.4) is 0 Å². The van der Waals surface area contributed by atoms with Crippen LogP contribution >= 0.6 is 27.3 Å². The number of halogens is 1. The molecule has 0 saturated heterocycles. The van der Waals surface area contributed by atoms with Crippen molar-refractivity contribution >= 4 is 39.1 Å². The summed E-state index contributed by atoms with van der Waals surface area (Å²) in [7, 11) is 1.65. The molecular weight excluding hydrogens is 500 g/mol. The van der Waals surface area contributed by atoms with E-state index in [1.165, 1.54) is 10.4 Å². The normalized spacial score (nSPS) is 17.4. The number of carbonyl (C=O) groups is 2. The van der Waals surface area contributed by atoms with Crippen molar-refractivity contribution in [1.29, 1.82) is 0 Å². The second-order valence-electron chi connectivity index (χ2n) is 8.49. The second-order valence-corrected chi connectivity index (χ2v) is 10.4. The highest BCUT2D eigenvalue weighted by molar-refractivity contribution is 9.10. The molecule has 2 aliphatic rings. The fraction of sp³-hybridized carbons (Fsp3) is 0.308. The Labute approximate surface area is 206 Å². The number of nitrogens with zero attached hydrogens (tertiary/aromatic N) is 2. The second kappa shape index (κ2) is 9.31. The summed E-state index contributed by atoms with van der Waals surface area (Å²) in [5.41, 5.74) is 2.84. The maximum absolute atomic E-state index is 13.7. The molecular formula is C26H25BrN2O3S. The standard InChI is InChI=1S/C26H25BrN2O3S/c1-32-21-9-5-17(6-10-21)25-22-12-14-33-23(22)11-13-28(25)24(30)16-29(20-7-8-20)26(31)18-3-2-4-19(27)15-18/h2-6,9-10,12,14-15,20,25H,7-8,11,13,16H2,1H3. The van der Waals surface area contributed by atoms with Crippen molar-refractivity contribution in [3.05, 3.63) is 86.0 Å². The van der Waals surface area contributed by atoms with Crippen molar-refractivity contribution in [2.24, 2.45) is 0 Å². The van der Waals surface area contributed by atoms with E-state index in [-0.39, 0.29) is 30.4 Å². The van der Waals surface area contributed by atoms with Crippen LogP contribution in [-0.2, 0) is 11.2 Å². The maximum Gasteiger partial charge on any atom is 0.254 e. The molecule has 2 heterocycles. The lowest BCUT2D eigenvalue weighted by Crippen LogP contribution is -2.47. The molecule has 33 heavy (non-hydrogen) atoms. The lowest BCUT2D eigenvalue weighted by atomic mass is 9.93. The minimum absolute atomic E-state index is 0.0112. The van der Waals surface area contributed by atoms with Crippen LogP contribution in [-0.4, -0.2) is 47.9 Å². The van der Waals surface area contributed by atoms with Crippen LogP contribution in [0, 0.1) is 0 Å². The molecule has 1 saturated carbocycles. The maximum atomic E-state index is 13.7.